The minimum absolute atomic E-state index is 0.0750. The lowest BCUT2D eigenvalue weighted by Crippen LogP contribution is -2.23. The summed E-state index contributed by atoms with van der Waals surface area (Å²) in [4.78, 5) is 0.241. The summed E-state index contributed by atoms with van der Waals surface area (Å²) >= 11 is 0. The van der Waals surface area contributed by atoms with Crippen molar-refractivity contribution in [3.8, 4) is 0 Å². The molecule has 0 amide bonds. The van der Waals surface area contributed by atoms with E-state index in [2.05, 4.69) is 20.2 Å². The highest BCUT2D eigenvalue weighted by Crippen LogP contribution is 2.21. The molecule has 0 aliphatic heterocycles. The Kier molecular flexibility index (Phi) is 5.51. The van der Waals surface area contributed by atoms with E-state index in [9.17, 15) is 8.42 Å². The number of sulfonamides is 1. The van der Waals surface area contributed by atoms with Crippen LogP contribution in [-0.4, -0.2) is 25.7 Å². The Morgan fingerprint density at radius 2 is 1.96 bits per heavy atom. The SMILES string of the molecule is CCc1nnc(C(C)NC(C)c2cccc(S(=O)(=O)NC)c2)o1. The van der Waals surface area contributed by atoms with E-state index in [1.807, 2.05) is 26.8 Å². The topological polar surface area (TPSA) is 97.1 Å². The third kappa shape index (κ3) is 4.15. The highest BCUT2D eigenvalue weighted by Gasteiger charge is 2.18. The summed E-state index contributed by atoms with van der Waals surface area (Å²) in [7, 11) is -2.06. The average molecular weight is 338 g/mol. The molecule has 2 N–H and O–H groups in total. The second-order valence-electron chi connectivity index (χ2n) is 5.28. The summed E-state index contributed by atoms with van der Waals surface area (Å²) in [5.74, 6) is 1.12. The van der Waals surface area contributed by atoms with Crippen molar-refractivity contribution in [3.63, 3.8) is 0 Å². The van der Waals surface area contributed by atoms with E-state index in [4.69, 9.17) is 4.42 Å². The van der Waals surface area contributed by atoms with Crippen LogP contribution in [0.3, 0.4) is 0 Å². The molecule has 0 saturated carbocycles. The van der Waals surface area contributed by atoms with Gasteiger partial charge in [0.2, 0.25) is 21.8 Å². The number of hydrogen-bond donors (Lipinski definition) is 2. The van der Waals surface area contributed by atoms with Crippen molar-refractivity contribution < 1.29 is 12.8 Å². The highest BCUT2D eigenvalue weighted by atomic mass is 32.2. The van der Waals surface area contributed by atoms with Crippen molar-refractivity contribution >= 4 is 10.0 Å². The summed E-state index contributed by atoms with van der Waals surface area (Å²) in [5, 5.41) is 11.3. The number of benzene rings is 1. The van der Waals surface area contributed by atoms with Crippen LogP contribution in [0.15, 0.2) is 33.6 Å². The van der Waals surface area contributed by atoms with Crippen LogP contribution in [0.2, 0.25) is 0 Å². The van der Waals surface area contributed by atoms with Crippen molar-refractivity contribution in [3.05, 3.63) is 41.6 Å². The fourth-order valence-electron chi connectivity index (χ4n) is 2.20. The molecule has 2 atom stereocenters. The van der Waals surface area contributed by atoms with Gasteiger partial charge in [-0.05, 0) is 38.6 Å². The molecule has 0 radical (unpaired) electrons. The van der Waals surface area contributed by atoms with E-state index in [-0.39, 0.29) is 17.0 Å². The van der Waals surface area contributed by atoms with Crippen LogP contribution in [0.1, 0.15) is 50.2 Å². The summed E-state index contributed by atoms with van der Waals surface area (Å²) in [6.45, 7) is 5.84. The number of aromatic nitrogens is 2. The molecule has 0 saturated heterocycles. The van der Waals surface area contributed by atoms with Gasteiger partial charge in [0.15, 0.2) is 0 Å². The fraction of sp³-hybridized carbons (Fsp3) is 0.467. The second-order valence-corrected chi connectivity index (χ2v) is 7.16. The van der Waals surface area contributed by atoms with Crippen LogP contribution in [0.5, 0.6) is 0 Å². The van der Waals surface area contributed by atoms with E-state index in [0.717, 1.165) is 5.56 Å². The maximum absolute atomic E-state index is 11.9. The van der Waals surface area contributed by atoms with Crippen molar-refractivity contribution in [1.29, 1.82) is 0 Å². The molecule has 7 nitrogen and oxygen atoms in total. The van der Waals surface area contributed by atoms with Gasteiger partial charge in [-0.2, -0.15) is 0 Å². The molecule has 126 valence electrons. The van der Waals surface area contributed by atoms with Crippen LogP contribution >= 0.6 is 0 Å². The van der Waals surface area contributed by atoms with Crippen LogP contribution < -0.4 is 10.0 Å². The molecule has 2 unspecified atom stereocenters. The lowest BCUT2D eigenvalue weighted by Gasteiger charge is -2.18. The lowest BCUT2D eigenvalue weighted by molar-refractivity contribution is 0.374. The first-order valence-electron chi connectivity index (χ1n) is 7.49. The molecule has 0 aliphatic carbocycles. The Bertz CT molecular complexity index is 758. The molecule has 0 aliphatic rings. The number of hydrogen-bond acceptors (Lipinski definition) is 6. The second kappa shape index (κ2) is 7.20. The van der Waals surface area contributed by atoms with E-state index < -0.39 is 10.0 Å². The third-order valence-electron chi connectivity index (χ3n) is 3.59. The van der Waals surface area contributed by atoms with Gasteiger partial charge in [-0.25, -0.2) is 13.1 Å². The van der Waals surface area contributed by atoms with Gasteiger partial charge >= 0.3 is 0 Å². The standard InChI is InChI=1S/C15H22N4O3S/c1-5-14-18-19-15(22-14)11(3)17-10(2)12-7-6-8-13(9-12)23(20,21)16-4/h6-11,16-17H,5H2,1-4H3. The molecule has 1 aromatic heterocycles. The Hall–Kier alpha value is -1.77. The average Bonchev–Trinajstić information content (AvgIpc) is 3.04. The predicted molar refractivity (Wildman–Crippen MR) is 86.3 cm³/mol. The summed E-state index contributed by atoms with van der Waals surface area (Å²) in [6.07, 6.45) is 0.694. The zero-order valence-corrected chi connectivity index (χ0v) is 14.5. The molecular formula is C15H22N4O3S. The molecule has 0 fully saturated rings. The molecule has 23 heavy (non-hydrogen) atoms. The number of aryl methyl sites for hydroxylation is 1. The summed E-state index contributed by atoms with van der Waals surface area (Å²) < 4.78 is 31.6. The van der Waals surface area contributed by atoms with Crippen molar-refractivity contribution in [2.75, 3.05) is 7.05 Å². The molecule has 2 rings (SSSR count). The Morgan fingerprint density at radius 1 is 1.22 bits per heavy atom. The number of rotatable bonds is 7. The normalized spacial score (nSPS) is 14.6. The van der Waals surface area contributed by atoms with E-state index in [0.29, 0.717) is 18.2 Å². The van der Waals surface area contributed by atoms with Crippen LogP contribution in [0, 0.1) is 0 Å². The van der Waals surface area contributed by atoms with Gasteiger partial charge in [0.1, 0.15) is 0 Å². The first-order chi connectivity index (χ1) is 10.9. The van der Waals surface area contributed by atoms with Gasteiger partial charge in [0, 0.05) is 12.5 Å². The Balaban J connectivity index is 2.14. The minimum atomic E-state index is -3.45. The predicted octanol–water partition coefficient (Wildman–Crippen LogP) is 1.95. The van der Waals surface area contributed by atoms with Crippen LogP contribution in [-0.2, 0) is 16.4 Å². The first kappa shape index (κ1) is 17.6. The summed E-state index contributed by atoms with van der Waals surface area (Å²) in [5.41, 5.74) is 0.864. The van der Waals surface area contributed by atoms with Gasteiger partial charge in [-0.15, -0.1) is 10.2 Å². The van der Waals surface area contributed by atoms with Gasteiger partial charge in [-0.1, -0.05) is 19.1 Å². The minimum Gasteiger partial charge on any atom is -0.424 e. The van der Waals surface area contributed by atoms with Gasteiger partial charge in [0.25, 0.3) is 0 Å². The smallest absolute Gasteiger partial charge is 0.240 e. The molecule has 0 spiro atoms. The van der Waals surface area contributed by atoms with Gasteiger partial charge in [-0.3, -0.25) is 5.32 Å². The monoisotopic (exact) mass is 338 g/mol. The molecule has 8 heteroatoms. The maximum Gasteiger partial charge on any atom is 0.240 e. The summed E-state index contributed by atoms with van der Waals surface area (Å²) in [6, 6.07) is 6.61. The first-order valence-corrected chi connectivity index (χ1v) is 8.97. The quantitative estimate of drug-likeness (QED) is 0.801. The Labute approximate surface area is 136 Å². The molecule has 1 aromatic carbocycles. The van der Waals surface area contributed by atoms with Crippen molar-refractivity contribution in [2.24, 2.45) is 0 Å². The maximum atomic E-state index is 11.9. The highest BCUT2D eigenvalue weighted by molar-refractivity contribution is 7.89. The van der Waals surface area contributed by atoms with Crippen LogP contribution in [0.4, 0.5) is 0 Å². The largest absolute Gasteiger partial charge is 0.424 e. The Morgan fingerprint density at radius 3 is 2.57 bits per heavy atom. The molecule has 2 aromatic rings. The van der Waals surface area contributed by atoms with Gasteiger partial charge < -0.3 is 4.42 Å². The third-order valence-corrected chi connectivity index (χ3v) is 5.00. The van der Waals surface area contributed by atoms with Crippen LogP contribution in [0.25, 0.3) is 0 Å². The zero-order chi connectivity index (χ0) is 17.0. The molecule has 0 bridgehead atoms. The number of nitrogens with zero attached hydrogens (tertiary/aromatic N) is 2. The van der Waals surface area contributed by atoms with E-state index in [1.165, 1.54) is 7.05 Å². The fourth-order valence-corrected chi connectivity index (χ4v) is 2.98. The van der Waals surface area contributed by atoms with Crippen molar-refractivity contribution in [1.82, 2.24) is 20.2 Å². The van der Waals surface area contributed by atoms with E-state index in [1.54, 1.807) is 18.2 Å². The van der Waals surface area contributed by atoms with Crippen molar-refractivity contribution in [2.45, 2.75) is 44.2 Å². The molecular weight excluding hydrogens is 316 g/mol. The van der Waals surface area contributed by atoms with Gasteiger partial charge in [0.05, 0.1) is 10.9 Å². The lowest BCUT2D eigenvalue weighted by atomic mass is 10.1. The zero-order valence-electron chi connectivity index (χ0n) is 13.7. The van der Waals surface area contributed by atoms with E-state index >= 15 is 0 Å². The number of nitrogens with one attached hydrogen (secondary N) is 2. The molecule has 1 heterocycles.